The highest BCUT2D eigenvalue weighted by Gasteiger charge is 2.06. The van der Waals surface area contributed by atoms with Crippen LogP contribution in [0.3, 0.4) is 0 Å². The molecule has 0 atom stereocenters. The molecule has 0 unspecified atom stereocenters. The SMILES string of the molecule is CCOCCCC(=O)NCc1cnn(C)c1N. The van der Waals surface area contributed by atoms with Crippen LogP contribution in [0.1, 0.15) is 25.3 Å². The average molecular weight is 240 g/mol. The molecule has 0 aliphatic carbocycles. The fourth-order valence-corrected chi connectivity index (χ4v) is 1.39. The molecule has 0 saturated carbocycles. The van der Waals surface area contributed by atoms with Crippen molar-refractivity contribution in [3.63, 3.8) is 0 Å². The van der Waals surface area contributed by atoms with Gasteiger partial charge in [0.1, 0.15) is 5.82 Å². The molecule has 1 heterocycles. The maximum atomic E-state index is 11.5. The van der Waals surface area contributed by atoms with Crippen LogP contribution in [0.4, 0.5) is 5.82 Å². The van der Waals surface area contributed by atoms with E-state index in [1.807, 2.05) is 6.92 Å². The summed E-state index contributed by atoms with van der Waals surface area (Å²) in [4.78, 5) is 11.5. The molecule has 1 amide bonds. The molecule has 0 aliphatic rings. The molecule has 3 N–H and O–H groups in total. The Morgan fingerprint density at radius 3 is 3.00 bits per heavy atom. The minimum absolute atomic E-state index is 0.00737. The van der Waals surface area contributed by atoms with Crippen molar-refractivity contribution in [2.45, 2.75) is 26.3 Å². The van der Waals surface area contributed by atoms with E-state index in [0.29, 0.717) is 32.0 Å². The Labute approximate surface area is 101 Å². The predicted molar refractivity (Wildman–Crippen MR) is 65.2 cm³/mol. The second kappa shape index (κ2) is 6.90. The molecule has 0 radical (unpaired) electrons. The van der Waals surface area contributed by atoms with Gasteiger partial charge in [0, 0.05) is 38.8 Å². The minimum Gasteiger partial charge on any atom is -0.384 e. The van der Waals surface area contributed by atoms with E-state index >= 15 is 0 Å². The Morgan fingerprint density at radius 2 is 2.41 bits per heavy atom. The second-order valence-electron chi connectivity index (χ2n) is 3.76. The van der Waals surface area contributed by atoms with E-state index in [-0.39, 0.29) is 5.91 Å². The number of hydrogen-bond acceptors (Lipinski definition) is 4. The van der Waals surface area contributed by atoms with Gasteiger partial charge < -0.3 is 15.8 Å². The number of nitrogen functional groups attached to an aromatic ring is 1. The minimum atomic E-state index is 0.00737. The fourth-order valence-electron chi connectivity index (χ4n) is 1.39. The van der Waals surface area contributed by atoms with E-state index in [2.05, 4.69) is 10.4 Å². The van der Waals surface area contributed by atoms with Crippen molar-refractivity contribution in [3.05, 3.63) is 11.8 Å². The number of aromatic nitrogens is 2. The van der Waals surface area contributed by atoms with Crippen LogP contribution >= 0.6 is 0 Å². The van der Waals surface area contributed by atoms with E-state index < -0.39 is 0 Å². The molecule has 0 aromatic carbocycles. The zero-order valence-electron chi connectivity index (χ0n) is 10.4. The number of hydrogen-bond donors (Lipinski definition) is 2. The van der Waals surface area contributed by atoms with Crippen LogP contribution in [0, 0.1) is 0 Å². The first-order chi connectivity index (χ1) is 8.15. The number of carbonyl (C=O) groups excluding carboxylic acids is 1. The summed E-state index contributed by atoms with van der Waals surface area (Å²) < 4.78 is 6.74. The molecule has 1 aromatic heterocycles. The van der Waals surface area contributed by atoms with E-state index in [1.54, 1.807) is 17.9 Å². The van der Waals surface area contributed by atoms with Crippen LogP contribution in [0.15, 0.2) is 6.20 Å². The van der Waals surface area contributed by atoms with Crippen LogP contribution in [0.5, 0.6) is 0 Å². The van der Waals surface area contributed by atoms with Gasteiger partial charge in [-0.1, -0.05) is 0 Å². The molecule has 1 aromatic rings. The monoisotopic (exact) mass is 240 g/mol. The van der Waals surface area contributed by atoms with Gasteiger partial charge in [0.15, 0.2) is 0 Å². The standard InChI is InChI=1S/C11H20N4O2/c1-3-17-6-4-5-10(16)13-7-9-8-14-15(2)11(9)12/h8H,3-7,12H2,1-2H3,(H,13,16). The average Bonchev–Trinajstić information content (AvgIpc) is 2.63. The Bertz CT molecular complexity index is 362. The van der Waals surface area contributed by atoms with E-state index in [9.17, 15) is 4.79 Å². The van der Waals surface area contributed by atoms with Crippen LogP contribution in [0.25, 0.3) is 0 Å². The molecule has 17 heavy (non-hydrogen) atoms. The van der Waals surface area contributed by atoms with Crippen LogP contribution in [0.2, 0.25) is 0 Å². The van der Waals surface area contributed by atoms with Gasteiger partial charge in [0.05, 0.1) is 6.20 Å². The van der Waals surface area contributed by atoms with Crippen molar-refractivity contribution < 1.29 is 9.53 Å². The number of nitrogens with one attached hydrogen (secondary N) is 1. The first kappa shape index (κ1) is 13.5. The Balaban J connectivity index is 2.22. The molecule has 0 aliphatic heterocycles. The summed E-state index contributed by atoms with van der Waals surface area (Å²) in [5.41, 5.74) is 6.60. The van der Waals surface area contributed by atoms with Gasteiger partial charge in [0.2, 0.25) is 5.91 Å². The van der Waals surface area contributed by atoms with Crippen LogP contribution in [-0.2, 0) is 23.1 Å². The van der Waals surface area contributed by atoms with E-state index in [0.717, 1.165) is 12.0 Å². The third kappa shape index (κ3) is 4.44. The highest BCUT2D eigenvalue weighted by molar-refractivity contribution is 5.75. The molecule has 0 fully saturated rings. The van der Waals surface area contributed by atoms with E-state index in [1.165, 1.54) is 0 Å². The second-order valence-corrected chi connectivity index (χ2v) is 3.76. The first-order valence-corrected chi connectivity index (χ1v) is 5.76. The fraction of sp³-hybridized carbons (Fsp3) is 0.636. The molecule has 0 saturated heterocycles. The highest BCUT2D eigenvalue weighted by Crippen LogP contribution is 2.08. The topological polar surface area (TPSA) is 82.2 Å². The number of aryl methyl sites for hydroxylation is 1. The molecule has 6 heteroatoms. The summed E-state index contributed by atoms with van der Waals surface area (Å²) >= 11 is 0. The largest absolute Gasteiger partial charge is 0.384 e. The third-order valence-corrected chi connectivity index (χ3v) is 2.44. The normalized spacial score (nSPS) is 10.5. The van der Waals surface area contributed by atoms with Crippen molar-refractivity contribution in [2.24, 2.45) is 7.05 Å². The number of carbonyl (C=O) groups is 1. The molecule has 0 bridgehead atoms. The van der Waals surface area contributed by atoms with Gasteiger partial charge in [-0.15, -0.1) is 0 Å². The number of anilines is 1. The van der Waals surface area contributed by atoms with Gasteiger partial charge in [0.25, 0.3) is 0 Å². The zero-order chi connectivity index (χ0) is 12.7. The molecule has 1 rings (SSSR count). The lowest BCUT2D eigenvalue weighted by Crippen LogP contribution is -2.23. The maximum absolute atomic E-state index is 11.5. The Hall–Kier alpha value is -1.56. The number of rotatable bonds is 7. The Morgan fingerprint density at radius 1 is 1.65 bits per heavy atom. The summed E-state index contributed by atoms with van der Waals surface area (Å²) in [6.45, 7) is 3.67. The van der Waals surface area contributed by atoms with Gasteiger partial charge in [-0.05, 0) is 13.3 Å². The van der Waals surface area contributed by atoms with E-state index in [4.69, 9.17) is 10.5 Å². The van der Waals surface area contributed by atoms with Crippen molar-refractivity contribution >= 4 is 11.7 Å². The molecular weight excluding hydrogens is 220 g/mol. The zero-order valence-corrected chi connectivity index (χ0v) is 10.4. The third-order valence-electron chi connectivity index (χ3n) is 2.44. The van der Waals surface area contributed by atoms with Crippen LogP contribution < -0.4 is 11.1 Å². The summed E-state index contributed by atoms with van der Waals surface area (Å²) in [6.07, 6.45) is 2.87. The van der Waals surface area contributed by atoms with Crippen molar-refractivity contribution in [3.8, 4) is 0 Å². The molecule has 96 valence electrons. The Kier molecular flexibility index (Phi) is 5.48. The van der Waals surface area contributed by atoms with Crippen molar-refractivity contribution in [2.75, 3.05) is 18.9 Å². The molecule has 0 spiro atoms. The van der Waals surface area contributed by atoms with Crippen molar-refractivity contribution in [1.29, 1.82) is 0 Å². The first-order valence-electron chi connectivity index (χ1n) is 5.76. The van der Waals surface area contributed by atoms with Gasteiger partial charge in [-0.25, -0.2) is 0 Å². The maximum Gasteiger partial charge on any atom is 0.220 e. The highest BCUT2D eigenvalue weighted by atomic mass is 16.5. The van der Waals surface area contributed by atoms with Crippen molar-refractivity contribution in [1.82, 2.24) is 15.1 Å². The predicted octanol–water partition coefficient (Wildman–Crippen LogP) is 0.435. The van der Waals surface area contributed by atoms with Gasteiger partial charge in [-0.3, -0.25) is 9.48 Å². The van der Waals surface area contributed by atoms with Gasteiger partial charge in [-0.2, -0.15) is 5.10 Å². The summed E-state index contributed by atoms with van der Waals surface area (Å²) in [5, 5.41) is 6.80. The summed E-state index contributed by atoms with van der Waals surface area (Å²) in [6, 6.07) is 0. The smallest absolute Gasteiger partial charge is 0.220 e. The van der Waals surface area contributed by atoms with Crippen LogP contribution in [-0.4, -0.2) is 28.9 Å². The quantitative estimate of drug-likeness (QED) is 0.677. The number of nitrogens with two attached hydrogens (primary N) is 1. The summed E-state index contributed by atoms with van der Waals surface area (Å²) in [5.74, 6) is 0.590. The van der Waals surface area contributed by atoms with Gasteiger partial charge >= 0.3 is 0 Å². The lowest BCUT2D eigenvalue weighted by atomic mass is 10.3. The lowest BCUT2D eigenvalue weighted by molar-refractivity contribution is -0.121. The molecular formula is C11H20N4O2. The number of ether oxygens (including phenoxy) is 1. The summed E-state index contributed by atoms with van der Waals surface area (Å²) in [7, 11) is 1.77. The molecule has 6 nitrogen and oxygen atoms in total. The number of amides is 1. The number of nitrogens with zero attached hydrogens (tertiary/aromatic N) is 2. The lowest BCUT2D eigenvalue weighted by Gasteiger charge is -2.05.